The number of nitrogens with one attached hydrogen (secondary N) is 2. The van der Waals surface area contributed by atoms with E-state index in [1.165, 1.54) is 30.3 Å². The maximum atomic E-state index is 13.5. The third-order valence-electron chi connectivity index (χ3n) is 3.72. The molecule has 3 rings (SSSR count). The molecule has 1 amide bonds. The molecular formula is C18H15FN4O3. The van der Waals surface area contributed by atoms with Gasteiger partial charge in [0.25, 0.3) is 11.6 Å². The standard InChI is InChI=1S/C18H15FN4O3/c19-15-4-2-1-3-14(15)18(24)21-10-9-20-17-8-5-12-11-13(23(25)26)6-7-16(12)22-17/h1-8,11H,9-10H2,(H,20,22)(H,21,24). The summed E-state index contributed by atoms with van der Waals surface area (Å²) in [5.41, 5.74) is 0.629. The second kappa shape index (κ2) is 7.56. The summed E-state index contributed by atoms with van der Waals surface area (Å²) in [5, 5.41) is 17.1. The van der Waals surface area contributed by atoms with E-state index in [1.807, 2.05) is 0 Å². The average molecular weight is 354 g/mol. The molecule has 0 aliphatic carbocycles. The monoisotopic (exact) mass is 354 g/mol. The highest BCUT2D eigenvalue weighted by atomic mass is 19.1. The van der Waals surface area contributed by atoms with Crippen LogP contribution in [0.2, 0.25) is 0 Å². The van der Waals surface area contributed by atoms with Crippen LogP contribution in [0.15, 0.2) is 54.6 Å². The van der Waals surface area contributed by atoms with Crippen molar-refractivity contribution >= 4 is 28.3 Å². The van der Waals surface area contributed by atoms with E-state index in [0.29, 0.717) is 23.3 Å². The van der Waals surface area contributed by atoms with Gasteiger partial charge in [0.15, 0.2) is 0 Å². The lowest BCUT2D eigenvalue weighted by Crippen LogP contribution is -2.29. The van der Waals surface area contributed by atoms with Crippen LogP contribution in [-0.2, 0) is 0 Å². The van der Waals surface area contributed by atoms with E-state index in [-0.39, 0.29) is 17.8 Å². The van der Waals surface area contributed by atoms with E-state index < -0.39 is 16.6 Å². The van der Waals surface area contributed by atoms with Crippen molar-refractivity contribution < 1.29 is 14.1 Å². The molecule has 0 unspecified atom stereocenters. The third-order valence-corrected chi connectivity index (χ3v) is 3.72. The number of nitrogens with zero attached hydrogens (tertiary/aromatic N) is 2. The lowest BCUT2D eigenvalue weighted by atomic mass is 10.2. The molecular weight excluding hydrogens is 339 g/mol. The molecule has 0 aliphatic heterocycles. The van der Waals surface area contributed by atoms with Gasteiger partial charge in [0.1, 0.15) is 11.6 Å². The number of non-ortho nitro benzene ring substituents is 1. The van der Waals surface area contributed by atoms with E-state index in [1.54, 1.807) is 24.3 Å². The van der Waals surface area contributed by atoms with Crippen molar-refractivity contribution in [1.29, 1.82) is 0 Å². The molecule has 0 aliphatic rings. The molecule has 2 aromatic carbocycles. The number of benzene rings is 2. The predicted molar refractivity (Wildman–Crippen MR) is 95.6 cm³/mol. The van der Waals surface area contributed by atoms with Crippen LogP contribution >= 0.6 is 0 Å². The Hall–Kier alpha value is -3.55. The number of fused-ring (bicyclic) bond motifs is 1. The maximum Gasteiger partial charge on any atom is 0.270 e. The molecule has 0 radical (unpaired) electrons. The molecule has 1 aromatic heterocycles. The van der Waals surface area contributed by atoms with Crippen LogP contribution in [0.25, 0.3) is 10.9 Å². The molecule has 0 bridgehead atoms. The SMILES string of the molecule is O=C(NCCNc1ccc2cc([N+](=O)[O-])ccc2n1)c1ccccc1F. The number of aromatic nitrogens is 1. The highest BCUT2D eigenvalue weighted by molar-refractivity contribution is 5.94. The van der Waals surface area contributed by atoms with Crippen LogP contribution < -0.4 is 10.6 Å². The van der Waals surface area contributed by atoms with Gasteiger partial charge < -0.3 is 10.6 Å². The zero-order chi connectivity index (χ0) is 18.5. The van der Waals surface area contributed by atoms with Crippen molar-refractivity contribution in [3.63, 3.8) is 0 Å². The summed E-state index contributed by atoms with van der Waals surface area (Å²) in [4.78, 5) is 26.6. The Balaban J connectivity index is 1.56. The highest BCUT2D eigenvalue weighted by Crippen LogP contribution is 2.20. The number of hydrogen-bond acceptors (Lipinski definition) is 5. The Bertz CT molecular complexity index is 978. The molecule has 3 aromatic rings. The molecule has 132 valence electrons. The summed E-state index contributed by atoms with van der Waals surface area (Å²) in [6, 6.07) is 13.6. The first-order valence-electron chi connectivity index (χ1n) is 7.86. The lowest BCUT2D eigenvalue weighted by molar-refractivity contribution is -0.384. The van der Waals surface area contributed by atoms with Gasteiger partial charge in [-0.2, -0.15) is 0 Å². The second-order valence-electron chi connectivity index (χ2n) is 5.49. The van der Waals surface area contributed by atoms with E-state index in [4.69, 9.17) is 0 Å². The highest BCUT2D eigenvalue weighted by Gasteiger charge is 2.10. The Labute approximate surface area is 148 Å². The molecule has 2 N–H and O–H groups in total. The van der Waals surface area contributed by atoms with Gasteiger partial charge in [-0.05, 0) is 30.3 Å². The van der Waals surface area contributed by atoms with Gasteiger partial charge in [0, 0.05) is 30.6 Å². The molecule has 0 saturated carbocycles. The minimum absolute atomic E-state index is 0.00192. The van der Waals surface area contributed by atoms with Crippen molar-refractivity contribution in [2.24, 2.45) is 0 Å². The van der Waals surface area contributed by atoms with E-state index in [9.17, 15) is 19.3 Å². The normalized spacial score (nSPS) is 10.5. The van der Waals surface area contributed by atoms with Crippen molar-refractivity contribution in [3.05, 3.63) is 76.1 Å². The van der Waals surface area contributed by atoms with Gasteiger partial charge in [-0.15, -0.1) is 0 Å². The van der Waals surface area contributed by atoms with Gasteiger partial charge in [0.2, 0.25) is 0 Å². The minimum atomic E-state index is -0.566. The van der Waals surface area contributed by atoms with Gasteiger partial charge in [-0.25, -0.2) is 9.37 Å². The number of nitro groups is 1. The molecule has 7 nitrogen and oxygen atoms in total. The number of carbonyl (C=O) groups is 1. The number of amides is 1. The molecule has 1 heterocycles. The molecule has 8 heteroatoms. The van der Waals surface area contributed by atoms with Crippen LogP contribution in [0.5, 0.6) is 0 Å². The molecule has 0 fully saturated rings. The summed E-state index contributed by atoms with van der Waals surface area (Å²) in [6.45, 7) is 0.679. The average Bonchev–Trinajstić information content (AvgIpc) is 2.64. The number of halogens is 1. The fraction of sp³-hybridized carbons (Fsp3) is 0.111. The number of anilines is 1. The van der Waals surface area contributed by atoms with Gasteiger partial charge >= 0.3 is 0 Å². The van der Waals surface area contributed by atoms with Gasteiger partial charge in [0.05, 0.1) is 16.0 Å². The summed E-state index contributed by atoms with van der Waals surface area (Å²) in [6.07, 6.45) is 0. The Kier molecular flexibility index (Phi) is 5.02. The minimum Gasteiger partial charge on any atom is -0.368 e. The van der Waals surface area contributed by atoms with Crippen molar-refractivity contribution in [2.45, 2.75) is 0 Å². The summed E-state index contributed by atoms with van der Waals surface area (Å²) in [5.74, 6) is -0.474. The Morgan fingerprint density at radius 2 is 1.92 bits per heavy atom. The summed E-state index contributed by atoms with van der Waals surface area (Å²) < 4.78 is 13.5. The largest absolute Gasteiger partial charge is 0.368 e. The molecule has 0 spiro atoms. The quantitative estimate of drug-likeness (QED) is 0.403. The third kappa shape index (κ3) is 3.92. The summed E-state index contributed by atoms with van der Waals surface area (Å²) >= 11 is 0. The van der Waals surface area contributed by atoms with Crippen LogP contribution in [0, 0.1) is 15.9 Å². The molecule has 0 atom stereocenters. The fourth-order valence-corrected chi connectivity index (χ4v) is 2.43. The van der Waals surface area contributed by atoms with Crippen LogP contribution in [0.4, 0.5) is 15.9 Å². The van der Waals surface area contributed by atoms with Crippen LogP contribution in [0.1, 0.15) is 10.4 Å². The maximum absolute atomic E-state index is 13.5. The van der Waals surface area contributed by atoms with E-state index >= 15 is 0 Å². The first-order chi connectivity index (χ1) is 12.5. The Morgan fingerprint density at radius 3 is 2.69 bits per heavy atom. The number of nitro benzene ring substituents is 1. The zero-order valence-corrected chi connectivity index (χ0v) is 13.6. The Morgan fingerprint density at radius 1 is 1.12 bits per heavy atom. The smallest absolute Gasteiger partial charge is 0.270 e. The summed E-state index contributed by atoms with van der Waals surface area (Å²) in [7, 11) is 0. The van der Waals surface area contributed by atoms with E-state index in [2.05, 4.69) is 15.6 Å². The van der Waals surface area contributed by atoms with E-state index in [0.717, 1.165) is 0 Å². The number of pyridine rings is 1. The topological polar surface area (TPSA) is 97.2 Å². The second-order valence-corrected chi connectivity index (χ2v) is 5.49. The van der Waals surface area contributed by atoms with Crippen molar-refractivity contribution in [3.8, 4) is 0 Å². The number of hydrogen-bond donors (Lipinski definition) is 2. The number of rotatable bonds is 6. The first kappa shape index (κ1) is 17.3. The van der Waals surface area contributed by atoms with Crippen molar-refractivity contribution in [2.75, 3.05) is 18.4 Å². The lowest BCUT2D eigenvalue weighted by Gasteiger charge is -2.08. The van der Waals surface area contributed by atoms with Crippen LogP contribution in [0.3, 0.4) is 0 Å². The van der Waals surface area contributed by atoms with Gasteiger partial charge in [-0.3, -0.25) is 14.9 Å². The zero-order valence-electron chi connectivity index (χ0n) is 13.6. The number of carbonyl (C=O) groups excluding carboxylic acids is 1. The van der Waals surface area contributed by atoms with Gasteiger partial charge in [-0.1, -0.05) is 12.1 Å². The van der Waals surface area contributed by atoms with Crippen LogP contribution in [-0.4, -0.2) is 28.9 Å². The fourth-order valence-electron chi connectivity index (χ4n) is 2.43. The molecule has 0 saturated heterocycles. The molecule has 26 heavy (non-hydrogen) atoms. The predicted octanol–water partition coefficient (Wildman–Crippen LogP) is 3.12. The van der Waals surface area contributed by atoms with Crippen molar-refractivity contribution in [1.82, 2.24) is 10.3 Å². The first-order valence-corrected chi connectivity index (χ1v) is 7.86.